The lowest BCUT2D eigenvalue weighted by Gasteiger charge is -2.08. The molecule has 2 aromatic rings. The Kier molecular flexibility index (Phi) is 2.54. The molecule has 0 fully saturated rings. The molecule has 1 aromatic carbocycles. The summed E-state index contributed by atoms with van der Waals surface area (Å²) < 4.78 is 0. The zero-order valence-corrected chi connectivity index (χ0v) is 8.57. The van der Waals surface area contributed by atoms with Gasteiger partial charge in [-0.1, -0.05) is 12.1 Å². The highest BCUT2D eigenvalue weighted by Crippen LogP contribution is 2.21. The lowest BCUT2D eigenvalue weighted by Crippen LogP contribution is -1.96. The Bertz CT molecular complexity index is 449. The summed E-state index contributed by atoms with van der Waals surface area (Å²) in [5.74, 6) is 0. The van der Waals surface area contributed by atoms with Gasteiger partial charge in [0.05, 0.1) is 23.3 Å². The summed E-state index contributed by atoms with van der Waals surface area (Å²) in [6.45, 7) is 1.96. The number of para-hydroxylation sites is 2. The molecule has 0 aliphatic heterocycles. The monoisotopic (exact) mass is 199 g/mol. The zero-order chi connectivity index (χ0) is 10.7. The predicted molar refractivity (Wildman–Crippen MR) is 63.1 cm³/mol. The first-order valence-corrected chi connectivity index (χ1v) is 4.80. The van der Waals surface area contributed by atoms with Crippen LogP contribution in [0.3, 0.4) is 0 Å². The Labute approximate surface area is 89.0 Å². The molecule has 0 saturated carbocycles. The molecule has 0 bridgehead atoms. The van der Waals surface area contributed by atoms with Crippen molar-refractivity contribution >= 4 is 17.1 Å². The van der Waals surface area contributed by atoms with Crippen molar-refractivity contribution in [2.45, 2.75) is 6.92 Å². The van der Waals surface area contributed by atoms with Crippen LogP contribution in [0.2, 0.25) is 0 Å². The van der Waals surface area contributed by atoms with Gasteiger partial charge in [-0.25, -0.2) is 0 Å². The molecule has 0 atom stereocenters. The molecule has 0 aliphatic carbocycles. The topological polar surface area (TPSA) is 50.9 Å². The average molecular weight is 199 g/mol. The highest BCUT2D eigenvalue weighted by atomic mass is 14.9. The number of aromatic nitrogens is 1. The maximum Gasteiger partial charge on any atom is 0.0618 e. The van der Waals surface area contributed by atoms with Crippen LogP contribution in [0.5, 0.6) is 0 Å². The summed E-state index contributed by atoms with van der Waals surface area (Å²) in [6, 6.07) is 11.6. The standard InChI is InChI=1S/C12H13N3/c1-9-6-7-10(8-14-9)15-12-5-3-2-4-11(12)13/h2-8,15H,13H2,1H3. The molecule has 15 heavy (non-hydrogen) atoms. The second kappa shape index (κ2) is 4.00. The van der Waals surface area contributed by atoms with E-state index in [0.717, 1.165) is 22.8 Å². The third-order valence-corrected chi connectivity index (χ3v) is 2.15. The number of nitrogens with two attached hydrogens (primary N) is 1. The van der Waals surface area contributed by atoms with Gasteiger partial charge in [0.15, 0.2) is 0 Å². The highest BCUT2D eigenvalue weighted by molar-refractivity contribution is 5.71. The van der Waals surface area contributed by atoms with Gasteiger partial charge in [-0.15, -0.1) is 0 Å². The van der Waals surface area contributed by atoms with E-state index in [4.69, 9.17) is 5.73 Å². The van der Waals surface area contributed by atoms with E-state index in [-0.39, 0.29) is 0 Å². The molecule has 0 amide bonds. The minimum Gasteiger partial charge on any atom is -0.397 e. The maximum absolute atomic E-state index is 5.82. The molecule has 3 nitrogen and oxygen atoms in total. The van der Waals surface area contributed by atoms with E-state index >= 15 is 0 Å². The van der Waals surface area contributed by atoms with Gasteiger partial charge in [-0.05, 0) is 31.2 Å². The van der Waals surface area contributed by atoms with Gasteiger partial charge < -0.3 is 11.1 Å². The van der Waals surface area contributed by atoms with E-state index in [9.17, 15) is 0 Å². The molecule has 2 rings (SSSR count). The SMILES string of the molecule is Cc1ccc(Nc2ccccc2N)cn1. The third-order valence-electron chi connectivity index (χ3n) is 2.15. The number of nitrogens with one attached hydrogen (secondary N) is 1. The van der Waals surface area contributed by atoms with E-state index in [2.05, 4.69) is 10.3 Å². The molecular formula is C12H13N3. The fourth-order valence-electron chi connectivity index (χ4n) is 1.31. The first-order chi connectivity index (χ1) is 7.25. The number of hydrogen-bond acceptors (Lipinski definition) is 3. The van der Waals surface area contributed by atoms with Crippen molar-refractivity contribution in [3.05, 3.63) is 48.3 Å². The minimum atomic E-state index is 0.734. The summed E-state index contributed by atoms with van der Waals surface area (Å²) in [5, 5.41) is 3.21. The van der Waals surface area contributed by atoms with Crippen LogP contribution >= 0.6 is 0 Å². The minimum absolute atomic E-state index is 0.734. The summed E-state index contributed by atoms with van der Waals surface area (Å²) in [6.07, 6.45) is 1.79. The van der Waals surface area contributed by atoms with Crippen molar-refractivity contribution in [3.63, 3.8) is 0 Å². The van der Waals surface area contributed by atoms with E-state index in [1.165, 1.54) is 0 Å². The van der Waals surface area contributed by atoms with Gasteiger partial charge in [0.25, 0.3) is 0 Å². The molecule has 0 unspecified atom stereocenters. The van der Waals surface area contributed by atoms with Crippen molar-refractivity contribution in [2.75, 3.05) is 11.1 Å². The maximum atomic E-state index is 5.82. The Balaban J connectivity index is 2.22. The first-order valence-electron chi connectivity index (χ1n) is 4.80. The fourth-order valence-corrected chi connectivity index (χ4v) is 1.31. The van der Waals surface area contributed by atoms with Crippen LogP contribution < -0.4 is 11.1 Å². The van der Waals surface area contributed by atoms with Crippen molar-refractivity contribution < 1.29 is 0 Å². The first kappa shape index (κ1) is 9.52. The van der Waals surface area contributed by atoms with Crippen LogP contribution in [0.15, 0.2) is 42.6 Å². The number of rotatable bonds is 2. The quantitative estimate of drug-likeness (QED) is 0.731. The van der Waals surface area contributed by atoms with Crippen LogP contribution in [-0.2, 0) is 0 Å². The Morgan fingerprint density at radius 2 is 1.93 bits per heavy atom. The average Bonchev–Trinajstić information content (AvgIpc) is 2.25. The largest absolute Gasteiger partial charge is 0.397 e. The van der Waals surface area contributed by atoms with Crippen molar-refractivity contribution in [2.24, 2.45) is 0 Å². The zero-order valence-electron chi connectivity index (χ0n) is 8.57. The fraction of sp³-hybridized carbons (Fsp3) is 0.0833. The smallest absolute Gasteiger partial charge is 0.0618 e. The van der Waals surface area contributed by atoms with Gasteiger partial charge in [-0.2, -0.15) is 0 Å². The van der Waals surface area contributed by atoms with Gasteiger partial charge in [0.1, 0.15) is 0 Å². The third kappa shape index (κ3) is 2.26. The number of anilines is 3. The van der Waals surface area contributed by atoms with Gasteiger partial charge >= 0.3 is 0 Å². The second-order valence-electron chi connectivity index (χ2n) is 3.40. The predicted octanol–water partition coefficient (Wildman–Crippen LogP) is 2.72. The molecule has 0 saturated heterocycles. The Morgan fingerprint density at radius 3 is 2.60 bits per heavy atom. The Hall–Kier alpha value is -2.03. The number of nitrogen functional groups attached to an aromatic ring is 1. The Morgan fingerprint density at radius 1 is 1.13 bits per heavy atom. The molecule has 76 valence electrons. The summed E-state index contributed by atoms with van der Waals surface area (Å²) in [7, 11) is 0. The summed E-state index contributed by atoms with van der Waals surface area (Å²) in [4.78, 5) is 4.20. The van der Waals surface area contributed by atoms with Crippen LogP contribution in [0, 0.1) is 6.92 Å². The molecule has 3 heteroatoms. The molecule has 3 N–H and O–H groups in total. The van der Waals surface area contributed by atoms with Crippen molar-refractivity contribution in [3.8, 4) is 0 Å². The summed E-state index contributed by atoms with van der Waals surface area (Å²) >= 11 is 0. The van der Waals surface area contributed by atoms with E-state index in [1.807, 2.05) is 43.3 Å². The lowest BCUT2D eigenvalue weighted by molar-refractivity contribution is 1.20. The molecule has 0 radical (unpaired) electrons. The molecule has 1 aromatic heterocycles. The van der Waals surface area contributed by atoms with Gasteiger partial charge in [0, 0.05) is 5.69 Å². The normalized spacial score (nSPS) is 9.93. The van der Waals surface area contributed by atoms with Crippen LogP contribution in [0.25, 0.3) is 0 Å². The summed E-state index contributed by atoms with van der Waals surface area (Å²) in [5.41, 5.74) is 9.40. The van der Waals surface area contributed by atoms with Crippen molar-refractivity contribution in [1.29, 1.82) is 0 Å². The number of hydrogen-bond donors (Lipinski definition) is 2. The molecular weight excluding hydrogens is 186 g/mol. The van der Waals surface area contributed by atoms with Crippen LogP contribution in [-0.4, -0.2) is 4.98 Å². The molecule has 0 spiro atoms. The number of benzene rings is 1. The second-order valence-corrected chi connectivity index (χ2v) is 3.40. The molecule has 1 heterocycles. The van der Waals surface area contributed by atoms with Gasteiger partial charge in [0.2, 0.25) is 0 Å². The number of pyridine rings is 1. The number of nitrogens with zero attached hydrogens (tertiary/aromatic N) is 1. The van der Waals surface area contributed by atoms with Crippen LogP contribution in [0.4, 0.5) is 17.1 Å². The lowest BCUT2D eigenvalue weighted by atomic mass is 10.2. The van der Waals surface area contributed by atoms with E-state index in [1.54, 1.807) is 6.20 Å². The highest BCUT2D eigenvalue weighted by Gasteiger charge is 1.97. The molecule has 0 aliphatic rings. The number of aryl methyl sites for hydroxylation is 1. The van der Waals surface area contributed by atoms with Gasteiger partial charge in [-0.3, -0.25) is 4.98 Å². The van der Waals surface area contributed by atoms with Crippen molar-refractivity contribution in [1.82, 2.24) is 4.98 Å². The van der Waals surface area contributed by atoms with Crippen LogP contribution in [0.1, 0.15) is 5.69 Å². The van der Waals surface area contributed by atoms with E-state index in [0.29, 0.717) is 0 Å². The van der Waals surface area contributed by atoms with E-state index < -0.39 is 0 Å².